The van der Waals surface area contributed by atoms with Gasteiger partial charge in [-0.1, -0.05) is 13.8 Å². The number of halogens is 1. The Balaban J connectivity index is 1.70. The lowest BCUT2D eigenvalue weighted by Crippen LogP contribution is -2.51. The maximum Gasteiger partial charge on any atom is 0.407 e. The number of hydrogen-bond donors (Lipinski definition) is 2. The summed E-state index contributed by atoms with van der Waals surface area (Å²) < 4.78 is 40.5. The van der Waals surface area contributed by atoms with Gasteiger partial charge >= 0.3 is 6.09 Å². The Hall–Kier alpha value is -2.20. The molecule has 0 spiro atoms. The minimum atomic E-state index is -3.74. The Morgan fingerprint density at radius 2 is 1.87 bits per heavy atom. The van der Waals surface area contributed by atoms with E-state index in [9.17, 15) is 27.5 Å². The molecule has 1 aromatic carbocycles. The molecule has 1 saturated heterocycles. The molecule has 4 atom stereocenters. The van der Waals surface area contributed by atoms with Crippen molar-refractivity contribution in [1.82, 2.24) is 14.5 Å². The summed E-state index contributed by atoms with van der Waals surface area (Å²) >= 11 is 0. The zero-order valence-corrected chi connectivity index (χ0v) is 18.8. The van der Waals surface area contributed by atoms with E-state index in [-0.39, 0.29) is 41.1 Å². The SMILES string of the molecule is CC(C)CC(C(=O)N[C@@H]1CC[C@H]2CN(S(=O)(=O)c3ccc(F)cc3)C[C@H]21)N(C)C(=O)O. The zero-order valence-electron chi connectivity index (χ0n) is 18.0. The highest BCUT2D eigenvalue weighted by atomic mass is 32.2. The molecule has 3 rings (SSSR count). The minimum absolute atomic E-state index is 0.0333. The van der Waals surface area contributed by atoms with Gasteiger partial charge < -0.3 is 10.4 Å². The lowest BCUT2D eigenvalue weighted by molar-refractivity contribution is -0.127. The van der Waals surface area contributed by atoms with Gasteiger partial charge in [0, 0.05) is 26.2 Å². The molecule has 8 nitrogen and oxygen atoms in total. The van der Waals surface area contributed by atoms with E-state index >= 15 is 0 Å². The first-order valence-electron chi connectivity index (χ1n) is 10.5. The summed E-state index contributed by atoms with van der Waals surface area (Å²) in [6, 6.07) is 3.77. The molecule has 0 bridgehead atoms. The van der Waals surface area contributed by atoms with Gasteiger partial charge in [-0.05, 0) is 61.3 Å². The van der Waals surface area contributed by atoms with Gasteiger partial charge in [-0.25, -0.2) is 17.6 Å². The van der Waals surface area contributed by atoms with Crippen LogP contribution in [0.1, 0.15) is 33.1 Å². The Morgan fingerprint density at radius 1 is 1.23 bits per heavy atom. The van der Waals surface area contributed by atoms with Crippen LogP contribution in [0.2, 0.25) is 0 Å². The largest absolute Gasteiger partial charge is 0.465 e. The van der Waals surface area contributed by atoms with E-state index in [4.69, 9.17) is 0 Å². The van der Waals surface area contributed by atoms with Crippen molar-refractivity contribution in [2.24, 2.45) is 17.8 Å². The van der Waals surface area contributed by atoms with Gasteiger partial charge in [0.2, 0.25) is 15.9 Å². The highest BCUT2D eigenvalue weighted by Gasteiger charge is 2.47. The average molecular weight is 456 g/mol. The smallest absolute Gasteiger partial charge is 0.407 e. The van der Waals surface area contributed by atoms with Gasteiger partial charge in [0.1, 0.15) is 11.9 Å². The monoisotopic (exact) mass is 455 g/mol. The summed E-state index contributed by atoms with van der Waals surface area (Å²) in [4.78, 5) is 25.4. The van der Waals surface area contributed by atoms with Crippen LogP contribution >= 0.6 is 0 Å². The van der Waals surface area contributed by atoms with E-state index in [2.05, 4.69) is 5.32 Å². The Kier molecular flexibility index (Phi) is 6.90. The molecule has 31 heavy (non-hydrogen) atoms. The lowest BCUT2D eigenvalue weighted by Gasteiger charge is -2.29. The van der Waals surface area contributed by atoms with Crippen molar-refractivity contribution >= 4 is 22.0 Å². The fourth-order valence-corrected chi connectivity index (χ4v) is 6.19. The molecule has 2 fully saturated rings. The number of carbonyl (C=O) groups is 2. The molecule has 1 saturated carbocycles. The third-order valence-electron chi connectivity index (χ3n) is 6.37. The molecule has 10 heteroatoms. The van der Waals surface area contributed by atoms with Crippen molar-refractivity contribution < 1.29 is 27.5 Å². The molecule has 2 N–H and O–H groups in total. The second-order valence-electron chi connectivity index (χ2n) is 8.93. The first-order valence-corrected chi connectivity index (χ1v) is 12.0. The molecule has 0 radical (unpaired) electrons. The highest BCUT2D eigenvalue weighted by molar-refractivity contribution is 7.89. The quantitative estimate of drug-likeness (QED) is 0.656. The summed E-state index contributed by atoms with van der Waals surface area (Å²) in [5, 5.41) is 12.3. The second-order valence-corrected chi connectivity index (χ2v) is 10.9. The van der Waals surface area contributed by atoms with Crippen LogP contribution in [0.3, 0.4) is 0 Å². The van der Waals surface area contributed by atoms with Gasteiger partial charge in [-0.3, -0.25) is 9.69 Å². The predicted octanol–water partition coefficient (Wildman–Crippen LogP) is 2.37. The molecular formula is C21H30FN3O5S. The average Bonchev–Trinajstić information content (AvgIpc) is 3.28. The number of likely N-dealkylation sites (N-methyl/N-ethyl adjacent to an activating group) is 1. The van der Waals surface area contributed by atoms with Crippen molar-refractivity contribution in [2.45, 2.75) is 50.1 Å². The van der Waals surface area contributed by atoms with Gasteiger partial charge in [0.25, 0.3) is 0 Å². The number of amides is 2. The lowest BCUT2D eigenvalue weighted by atomic mass is 9.96. The third-order valence-corrected chi connectivity index (χ3v) is 8.21. The fraction of sp³-hybridized carbons (Fsp3) is 0.619. The van der Waals surface area contributed by atoms with Crippen LogP contribution in [0.25, 0.3) is 0 Å². The van der Waals surface area contributed by atoms with Crippen molar-refractivity contribution in [3.05, 3.63) is 30.1 Å². The number of nitrogens with zero attached hydrogens (tertiary/aromatic N) is 2. The van der Waals surface area contributed by atoms with Crippen LogP contribution in [0, 0.1) is 23.6 Å². The van der Waals surface area contributed by atoms with E-state index in [0.717, 1.165) is 29.9 Å². The van der Waals surface area contributed by atoms with Crippen LogP contribution in [0.5, 0.6) is 0 Å². The first-order chi connectivity index (χ1) is 14.5. The Bertz CT molecular complexity index is 921. The van der Waals surface area contributed by atoms with E-state index in [1.807, 2.05) is 13.8 Å². The summed E-state index contributed by atoms with van der Waals surface area (Å²) in [6.45, 7) is 4.49. The summed E-state index contributed by atoms with van der Waals surface area (Å²) in [7, 11) is -2.35. The van der Waals surface area contributed by atoms with Crippen LogP contribution in [-0.2, 0) is 14.8 Å². The van der Waals surface area contributed by atoms with Crippen molar-refractivity contribution in [2.75, 3.05) is 20.1 Å². The third kappa shape index (κ3) is 5.01. The summed E-state index contributed by atoms with van der Waals surface area (Å²) in [5.74, 6) is -0.613. The number of sulfonamides is 1. The van der Waals surface area contributed by atoms with Crippen LogP contribution < -0.4 is 5.32 Å². The van der Waals surface area contributed by atoms with E-state index in [0.29, 0.717) is 13.0 Å². The highest BCUT2D eigenvalue weighted by Crippen LogP contribution is 2.40. The minimum Gasteiger partial charge on any atom is -0.465 e. The number of carboxylic acid groups (broad SMARTS) is 1. The Morgan fingerprint density at radius 3 is 2.45 bits per heavy atom. The number of carbonyl (C=O) groups excluding carboxylic acids is 1. The van der Waals surface area contributed by atoms with E-state index in [1.165, 1.54) is 23.5 Å². The standard InChI is InChI=1S/C21H30FN3O5S/c1-13(2)10-19(24(3)21(27)28)20(26)23-18-9-4-14-11-25(12-17(14)18)31(29,30)16-7-5-15(22)6-8-16/h5-8,13-14,17-19H,4,9-12H2,1-3H3,(H,23,26)(H,27,28)/t14-,17+,18+,19?/m0/s1. The number of rotatable bonds is 7. The van der Waals surface area contributed by atoms with Crippen LogP contribution in [0.4, 0.5) is 9.18 Å². The van der Waals surface area contributed by atoms with Crippen molar-refractivity contribution in [3.8, 4) is 0 Å². The maximum absolute atomic E-state index is 13.2. The molecule has 1 heterocycles. The topological polar surface area (TPSA) is 107 Å². The van der Waals surface area contributed by atoms with Gasteiger partial charge in [-0.15, -0.1) is 0 Å². The first kappa shape index (κ1) is 23.5. The predicted molar refractivity (Wildman–Crippen MR) is 112 cm³/mol. The van der Waals surface area contributed by atoms with Crippen molar-refractivity contribution in [1.29, 1.82) is 0 Å². The maximum atomic E-state index is 13.2. The molecule has 1 aliphatic carbocycles. The van der Waals surface area contributed by atoms with E-state index < -0.39 is 28.0 Å². The fourth-order valence-electron chi connectivity index (χ4n) is 4.66. The van der Waals surface area contributed by atoms with Crippen LogP contribution in [-0.4, -0.2) is 67.0 Å². The molecule has 0 aromatic heterocycles. The van der Waals surface area contributed by atoms with Gasteiger partial charge in [-0.2, -0.15) is 4.31 Å². The second kappa shape index (κ2) is 9.12. The number of hydrogen-bond acceptors (Lipinski definition) is 4. The molecule has 172 valence electrons. The molecular weight excluding hydrogens is 425 g/mol. The number of benzene rings is 1. The molecule has 1 unspecified atom stereocenters. The van der Waals surface area contributed by atoms with E-state index in [1.54, 1.807) is 0 Å². The summed E-state index contributed by atoms with van der Waals surface area (Å²) in [6.07, 6.45) is 0.758. The molecule has 2 aliphatic rings. The van der Waals surface area contributed by atoms with Gasteiger partial charge in [0.15, 0.2) is 0 Å². The van der Waals surface area contributed by atoms with Crippen LogP contribution in [0.15, 0.2) is 29.2 Å². The number of fused-ring (bicyclic) bond motifs is 1. The Labute approximate surface area is 182 Å². The van der Waals surface area contributed by atoms with Gasteiger partial charge in [0.05, 0.1) is 4.90 Å². The molecule has 1 aromatic rings. The zero-order chi connectivity index (χ0) is 22.9. The normalized spacial score (nSPS) is 24.7. The molecule has 2 amide bonds. The van der Waals surface area contributed by atoms with Crippen molar-refractivity contribution in [3.63, 3.8) is 0 Å². The molecule has 1 aliphatic heterocycles. The number of nitrogens with one attached hydrogen (secondary N) is 1. The summed E-state index contributed by atoms with van der Waals surface area (Å²) in [5.41, 5.74) is 0.